The number of imide groups is 1. The molecule has 21 heavy (non-hydrogen) atoms. The van der Waals surface area contributed by atoms with Crippen LogP contribution in [0, 0.1) is 0 Å². The number of amides is 2. The number of rotatable bonds is 2. The average Bonchev–Trinajstić information content (AvgIpc) is 2.44. The summed E-state index contributed by atoms with van der Waals surface area (Å²) in [6.45, 7) is 0. The monoisotopic (exact) mass is 289 g/mol. The van der Waals surface area contributed by atoms with Crippen LogP contribution in [0.1, 0.15) is 20.7 Å². The minimum atomic E-state index is -0.789. The Kier molecular flexibility index (Phi) is 3.66. The second-order valence-corrected chi connectivity index (χ2v) is 4.19. The lowest BCUT2D eigenvalue weighted by molar-refractivity contribution is 0.0848. The van der Waals surface area contributed by atoms with Crippen molar-refractivity contribution in [1.82, 2.24) is 5.32 Å². The van der Waals surface area contributed by atoms with Crippen molar-refractivity contribution in [2.24, 2.45) is 0 Å². The third-order valence-electron chi connectivity index (χ3n) is 2.70. The fraction of sp³-hybridized carbons (Fsp3) is 0. The molecule has 0 saturated heterocycles. The molecule has 0 unspecified atom stereocenters. The molecular formula is C14H11NO6. The van der Waals surface area contributed by atoms with Crippen molar-refractivity contribution in [2.45, 2.75) is 0 Å². The third kappa shape index (κ3) is 3.03. The predicted molar refractivity (Wildman–Crippen MR) is 71.3 cm³/mol. The molecule has 0 spiro atoms. The van der Waals surface area contributed by atoms with Gasteiger partial charge >= 0.3 is 0 Å². The summed E-state index contributed by atoms with van der Waals surface area (Å²) in [6, 6.07) is 6.69. The first-order valence-corrected chi connectivity index (χ1v) is 5.78. The maximum Gasteiger partial charge on any atom is 0.258 e. The average molecular weight is 289 g/mol. The number of carbonyl (C=O) groups excluding carboxylic acids is 2. The van der Waals surface area contributed by atoms with Crippen LogP contribution < -0.4 is 5.32 Å². The molecule has 2 rings (SSSR count). The fourth-order valence-electron chi connectivity index (χ4n) is 1.58. The quantitative estimate of drug-likeness (QED) is 0.416. The Hall–Kier alpha value is -3.22. The van der Waals surface area contributed by atoms with E-state index in [1.165, 1.54) is 12.1 Å². The van der Waals surface area contributed by atoms with E-state index in [0.717, 1.165) is 24.3 Å². The predicted octanol–water partition coefficient (Wildman–Crippen LogP) is 1.08. The van der Waals surface area contributed by atoms with Crippen molar-refractivity contribution in [3.63, 3.8) is 0 Å². The molecule has 0 fully saturated rings. The SMILES string of the molecule is O=C(NC(=O)c1ccc(O)c(O)c1)c1ccc(O)c(O)c1. The topological polar surface area (TPSA) is 127 Å². The van der Waals surface area contributed by atoms with Gasteiger partial charge in [-0.1, -0.05) is 0 Å². The van der Waals surface area contributed by atoms with Gasteiger partial charge in [-0.2, -0.15) is 0 Å². The zero-order valence-electron chi connectivity index (χ0n) is 10.6. The number of benzene rings is 2. The van der Waals surface area contributed by atoms with Crippen LogP contribution in [0.15, 0.2) is 36.4 Å². The Morgan fingerprint density at radius 3 is 1.38 bits per heavy atom. The number of carbonyl (C=O) groups is 2. The van der Waals surface area contributed by atoms with Crippen molar-refractivity contribution in [3.8, 4) is 23.0 Å². The van der Waals surface area contributed by atoms with Gasteiger partial charge in [0, 0.05) is 11.1 Å². The van der Waals surface area contributed by atoms with Gasteiger partial charge in [0.05, 0.1) is 0 Å². The summed E-state index contributed by atoms with van der Waals surface area (Å²) in [5.74, 6) is -3.33. The second kappa shape index (κ2) is 5.41. The van der Waals surface area contributed by atoms with Crippen molar-refractivity contribution in [2.75, 3.05) is 0 Å². The zero-order chi connectivity index (χ0) is 15.6. The normalized spacial score (nSPS) is 10.1. The molecule has 0 aliphatic carbocycles. The number of hydrogen-bond acceptors (Lipinski definition) is 6. The molecule has 2 amide bonds. The number of phenols is 4. The van der Waals surface area contributed by atoms with Gasteiger partial charge in [-0.3, -0.25) is 14.9 Å². The van der Waals surface area contributed by atoms with Crippen molar-refractivity contribution >= 4 is 11.8 Å². The highest BCUT2D eigenvalue weighted by molar-refractivity contribution is 6.10. The standard InChI is InChI=1S/C14H11NO6/c16-9-3-1-7(5-11(9)18)13(20)15-14(21)8-2-4-10(17)12(19)6-8/h1-6,16-19H,(H,15,20,21). The fourth-order valence-corrected chi connectivity index (χ4v) is 1.58. The molecule has 0 aliphatic rings. The Bertz CT molecular complexity index is 664. The van der Waals surface area contributed by atoms with Crippen LogP contribution in [-0.2, 0) is 0 Å². The number of aromatic hydroxyl groups is 4. The van der Waals surface area contributed by atoms with Gasteiger partial charge < -0.3 is 20.4 Å². The zero-order valence-corrected chi connectivity index (χ0v) is 10.6. The molecule has 0 saturated carbocycles. The third-order valence-corrected chi connectivity index (χ3v) is 2.70. The Morgan fingerprint density at radius 1 is 0.667 bits per heavy atom. The van der Waals surface area contributed by atoms with Gasteiger partial charge in [0.1, 0.15) is 0 Å². The Balaban J connectivity index is 2.16. The highest BCUT2D eigenvalue weighted by atomic mass is 16.3. The molecule has 2 aromatic rings. The highest BCUT2D eigenvalue weighted by Crippen LogP contribution is 2.26. The lowest BCUT2D eigenvalue weighted by Crippen LogP contribution is -2.30. The van der Waals surface area contributed by atoms with Gasteiger partial charge in [0.15, 0.2) is 23.0 Å². The van der Waals surface area contributed by atoms with Gasteiger partial charge in [0.2, 0.25) is 0 Å². The minimum Gasteiger partial charge on any atom is -0.504 e. The van der Waals surface area contributed by atoms with Gasteiger partial charge in [-0.15, -0.1) is 0 Å². The van der Waals surface area contributed by atoms with Crippen LogP contribution in [0.25, 0.3) is 0 Å². The molecule has 0 aromatic heterocycles. The maximum absolute atomic E-state index is 11.8. The molecule has 2 aromatic carbocycles. The summed E-state index contributed by atoms with van der Waals surface area (Å²) >= 11 is 0. The summed E-state index contributed by atoms with van der Waals surface area (Å²) in [6.07, 6.45) is 0. The van der Waals surface area contributed by atoms with E-state index in [9.17, 15) is 19.8 Å². The summed E-state index contributed by atoms with van der Waals surface area (Å²) in [4.78, 5) is 23.6. The second-order valence-electron chi connectivity index (χ2n) is 4.19. The van der Waals surface area contributed by atoms with Crippen LogP contribution >= 0.6 is 0 Å². The molecule has 108 valence electrons. The molecule has 0 aliphatic heterocycles. The largest absolute Gasteiger partial charge is 0.504 e. The highest BCUT2D eigenvalue weighted by Gasteiger charge is 2.15. The van der Waals surface area contributed by atoms with Crippen LogP contribution in [-0.4, -0.2) is 32.2 Å². The Morgan fingerprint density at radius 2 is 1.05 bits per heavy atom. The lowest BCUT2D eigenvalue weighted by atomic mass is 10.1. The first-order chi connectivity index (χ1) is 9.88. The van der Waals surface area contributed by atoms with Crippen molar-refractivity contribution in [3.05, 3.63) is 47.5 Å². The van der Waals surface area contributed by atoms with Crippen molar-refractivity contribution in [1.29, 1.82) is 0 Å². The maximum atomic E-state index is 11.8. The van der Waals surface area contributed by atoms with E-state index in [1.54, 1.807) is 0 Å². The van der Waals surface area contributed by atoms with Gasteiger partial charge in [-0.25, -0.2) is 0 Å². The number of nitrogens with one attached hydrogen (secondary N) is 1. The van der Waals surface area contributed by atoms with E-state index < -0.39 is 23.3 Å². The van der Waals surface area contributed by atoms with E-state index >= 15 is 0 Å². The smallest absolute Gasteiger partial charge is 0.258 e. The van der Waals surface area contributed by atoms with E-state index in [2.05, 4.69) is 0 Å². The summed E-state index contributed by atoms with van der Waals surface area (Å²) < 4.78 is 0. The van der Waals surface area contributed by atoms with Crippen LogP contribution in [0.5, 0.6) is 23.0 Å². The summed E-state index contributed by atoms with van der Waals surface area (Å²) in [5, 5.41) is 38.9. The first-order valence-electron chi connectivity index (χ1n) is 5.78. The number of hydrogen-bond donors (Lipinski definition) is 5. The molecule has 0 bridgehead atoms. The molecular weight excluding hydrogens is 278 g/mol. The lowest BCUT2D eigenvalue weighted by Gasteiger charge is -2.06. The van der Waals surface area contributed by atoms with Gasteiger partial charge in [-0.05, 0) is 36.4 Å². The molecule has 0 atom stereocenters. The van der Waals surface area contributed by atoms with Crippen molar-refractivity contribution < 1.29 is 30.0 Å². The van der Waals surface area contributed by atoms with E-state index in [1.807, 2.05) is 5.32 Å². The summed E-state index contributed by atoms with van der Waals surface area (Å²) in [5.41, 5.74) is -0.0525. The molecule has 5 N–H and O–H groups in total. The molecule has 7 heteroatoms. The van der Waals surface area contributed by atoms with Crippen LogP contribution in [0.4, 0.5) is 0 Å². The Labute approximate surface area is 118 Å². The number of phenolic OH excluding ortho intramolecular Hbond substituents is 4. The van der Waals surface area contributed by atoms with Gasteiger partial charge in [0.25, 0.3) is 11.8 Å². The van der Waals surface area contributed by atoms with E-state index in [0.29, 0.717) is 0 Å². The van der Waals surface area contributed by atoms with E-state index in [4.69, 9.17) is 10.2 Å². The minimum absolute atomic E-state index is 0.0262. The van der Waals surface area contributed by atoms with E-state index in [-0.39, 0.29) is 22.6 Å². The summed E-state index contributed by atoms with van der Waals surface area (Å²) in [7, 11) is 0. The van der Waals surface area contributed by atoms with Crippen LogP contribution in [0.2, 0.25) is 0 Å². The molecule has 7 nitrogen and oxygen atoms in total. The van der Waals surface area contributed by atoms with Crippen LogP contribution in [0.3, 0.4) is 0 Å². The molecule has 0 radical (unpaired) electrons. The first kappa shape index (κ1) is 14.2. The molecule has 0 heterocycles.